The second-order valence-corrected chi connectivity index (χ2v) is 6.79. The lowest BCUT2D eigenvalue weighted by molar-refractivity contribution is 0.233. The summed E-state index contributed by atoms with van der Waals surface area (Å²) in [6, 6.07) is 7.39. The molecule has 1 N–H and O–H groups in total. The van der Waals surface area contributed by atoms with E-state index < -0.39 is 0 Å². The smallest absolute Gasteiger partial charge is 0.124 e. The van der Waals surface area contributed by atoms with Crippen molar-refractivity contribution in [3.63, 3.8) is 0 Å². The van der Waals surface area contributed by atoms with Crippen LogP contribution in [0.25, 0.3) is 0 Å². The molecule has 1 fully saturated rings. The Morgan fingerprint density at radius 1 is 1.26 bits per heavy atom. The minimum atomic E-state index is 0.442. The van der Waals surface area contributed by atoms with Crippen LogP contribution in [0.15, 0.2) is 22.7 Å². The highest BCUT2D eigenvalue weighted by Gasteiger charge is 2.27. The van der Waals surface area contributed by atoms with Crippen molar-refractivity contribution in [1.29, 1.82) is 0 Å². The summed E-state index contributed by atoms with van der Waals surface area (Å²) in [5.41, 5.74) is 1.31. The van der Waals surface area contributed by atoms with Gasteiger partial charge in [0.15, 0.2) is 0 Å². The summed E-state index contributed by atoms with van der Waals surface area (Å²) in [5, 5.41) is 3.84. The Balaban J connectivity index is 1.73. The van der Waals surface area contributed by atoms with Crippen molar-refractivity contribution >= 4 is 15.9 Å². The van der Waals surface area contributed by atoms with Gasteiger partial charge in [0.05, 0.1) is 6.61 Å². The van der Waals surface area contributed by atoms with Crippen LogP contribution in [0, 0.1) is 5.92 Å². The van der Waals surface area contributed by atoms with E-state index >= 15 is 0 Å². The van der Waals surface area contributed by atoms with Crippen LogP contribution in [0.5, 0.6) is 5.75 Å². The Labute approximate surface area is 124 Å². The van der Waals surface area contributed by atoms with Crippen molar-refractivity contribution in [2.75, 3.05) is 6.61 Å². The lowest BCUT2D eigenvalue weighted by Gasteiger charge is -2.31. The highest BCUT2D eigenvalue weighted by molar-refractivity contribution is 9.10. The van der Waals surface area contributed by atoms with Gasteiger partial charge >= 0.3 is 0 Å². The summed E-state index contributed by atoms with van der Waals surface area (Å²) in [7, 11) is 0. The molecule has 1 unspecified atom stereocenters. The van der Waals surface area contributed by atoms with Gasteiger partial charge < -0.3 is 10.1 Å². The van der Waals surface area contributed by atoms with Gasteiger partial charge in [-0.1, -0.05) is 28.8 Å². The molecule has 19 heavy (non-hydrogen) atoms. The fourth-order valence-corrected chi connectivity index (χ4v) is 3.83. The number of ether oxygens (including phenoxy) is 1. The molecule has 1 aliphatic heterocycles. The largest absolute Gasteiger partial charge is 0.493 e. The Bertz CT molecular complexity index is 442. The lowest BCUT2D eigenvalue weighted by Crippen LogP contribution is -2.37. The van der Waals surface area contributed by atoms with Gasteiger partial charge in [-0.3, -0.25) is 0 Å². The van der Waals surface area contributed by atoms with Crippen LogP contribution in [0.4, 0.5) is 0 Å². The third kappa shape index (κ3) is 2.97. The number of halogens is 1. The maximum Gasteiger partial charge on any atom is 0.124 e. The topological polar surface area (TPSA) is 21.3 Å². The van der Waals surface area contributed by atoms with E-state index in [9.17, 15) is 0 Å². The molecule has 0 aromatic heterocycles. The van der Waals surface area contributed by atoms with Gasteiger partial charge in [-0.2, -0.15) is 0 Å². The second-order valence-electron chi connectivity index (χ2n) is 5.87. The van der Waals surface area contributed by atoms with Crippen LogP contribution in [0.3, 0.4) is 0 Å². The molecule has 0 spiro atoms. The summed E-state index contributed by atoms with van der Waals surface area (Å²) in [6.07, 6.45) is 6.67. The van der Waals surface area contributed by atoms with E-state index in [1.807, 2.05) is 0 Å². The standard InChI is InChI=1S/C16H22BrNO/c1-11(12-4-2-3-5-12)18-15-8-9-19-16-7-6-13(17)10-14(15)16/h6-7,10-12,15,18H,2-5,8-9H2,1H3/t11-,15?/m1/s1. The molecule has 2 nitrogen and oxygen atoms in total. The van der Waals surface area contributed by atoms with Gasteiger partial charge in [0.2, 0.25) is 0 Å². The minimum Gasteiger partial charge on any atom is -0.493 e. The summed E-state index contributed by atoms with van der Waals surface area (Å²) >= 11 is 3.57. The van der Waals surface area contributed by atoms with Crippen LogP contribution < -0.4 is 10.1 Å². The molecule has 1 saturated carbocycles. The number of hydrogen-bond donors (Lipinski definition) is 1. The van der Waals surface area contributed by atoms with Crippen LogP contribution in [-0.4, -0.2) is 12.6 Å². The molecule has 0 bridgehead atoms. The quantitative estimate of drug-likeness (QED) is 0.887. The molecule has 1 heterocycles. The van der Waals surface area contributed by atoms with E-state index in [1.165, 1.54) is 31.2 Å². The summed E-state index contributed by atoms with van der Waals surface area (Å²) < 4.78 is 6.89. The molecular formula is C16H22BrNO. The summed E-state index contributed by atoms with van der Waals surface area (Å²) in [4.78, 5) is 0. The highest BCUT2D eigenvalue weighted by Crippen LogP contribution is 2.36. The van der Waals surface area contributed by atoms with E-state index in [-0.39, 0.29) is 0 Å². The maximum atomic E-state index is 5.75. The number of benzene rings is 1. The van der Waals surface area contributed by atoms with Crippen molar-refractivity contribution in [3.05, 3.63) is 28.2 Å². The van der Waals surface area contributed by atoms with Crippen LogP contribution in [-0.2, 0) is 0 Å². The van der Waals surface area contributed by atoms with Gasteiger partial charge in [0.1, 0.15) is 5.75 Å². The number of fused-ring (bicyclic) bond motifs is 1. The zero-order chi connectivity index (χ0) is 13.2. The molecule has 2 atom stereocenters. The summed E-state index contributed by atoms with van der Waals surface area (Å²) in [6.45, 7) is 3.17. The Kier molecular flexibility index (Phi) is 4.13. The third-order valence-electron chi connectivity index (χ3n) is 4.58. The van der Waals surface area contributed by atoms with E-state index in [0.29, 0.717) is 12.1 Å². The molecule has 0 saturated heterocycles. The molecule has 3 rings (SSSR count). The molecule has 104 valence electrons. The fraction of sp³-hybridized carbons (Fsp3) is 0.625. The monoisotopic (exact) mass is 323 g/mol. The van der Waals surface area contributed by atoms with Crippen LogP contribution in [0.1, 0.15) is 50.6 Å². The van der Waals surface area contributed by atoms with Crippen molar-refractivity contribution < 1.29 is 4.74 Å². The molecule has 0 radical (unpaired) electrons. The second kappa shape index (κ2) is 5.84. The minimum absolute atomic E-state index is 0.442. The molecule has 0 amide bonds. The number of hydrogen-bond acceptors (Lipinski definition) is 2. The molecular weight excluding hydrogens is 302 g/mol. The van der Waals surface area contributed by atoms with E-state index in [2.05, 4.69) is 46.4 Å². The lowest BCUT2D eigenvalue weighted by atomic mass is 9.95. The Morgan fingerprint density at radius 3 is 2.84 bits per heavy atom. The van der Waals surface area contributed by atoms with Crippen molar-refractivity contribution in [2.45, 2.75) is 51.1 Å². The zero-order valence-electron chi connectivity index (χ0n) is 11.5. The van der Waals surface area contributed by atoms with Crippen molar-refractivity contribution in [1.82, 2.24) is 5.32 Å². The maximum absolute atomic E-state index is 5.75. The van der Waals surface area contributed by atoms with Gasteiger partial charge in [0.25, 0.3) is 0 Å². The number of nitrogens with one attached hydrogen (secondary N) is 1. The van der Waals surface area contributed by atoms with Gasteiger partial charge in [-0.25, -0.2) is 0 Å². The normalized spacial score (nSPS) is 24.8. The first kappa shape index (κ1) is 13.4. The molecule has 2 aliphatic rings. The van der Waals surface area contributed by atoms with Crippen molar-refractivity contribution in [2.24, 2.45) is 5.92 Å². The van der Waals surface area contributed by atoms with Crippen LogP contribution in [0.2, 0.25) is 0 Å². The zero-order valence-corrected chi connectivity index (χ0v) is 13.1. The summed E-state index contributed by atoms with van der Waals surface area (Å²) in [5.74, 6) is 1.91. The van der Waals surface area contributed by atoms with Gasteiger partial charge in [-0.15, -0.1) is 0 Å². The third-order valence-corrected chi connectivity index (χ3v) is 5.08. The van der Waals surface area contributed by atoms with E-state index in [1.54, 1.807) is 0 Å². The Hall–Kier alpha value is -0.540. The molecule has 1 aromatic carbocycles. The van der Waals surface area contributed by atoms with Crippen molar-refractivity contribution in [3.8, 4) is 5.75 Å². The average Bonchev–Trinajstić information content (AvgIpc) is 2.93. The molecule has 1 aliphatic carbocycles. The van der Waals surface area contributed by atoms with Crippen LogP contribution >= 0.6 is 15.9 Å². The van der Waals surface area contributed by atoms with Gasteiger partial charge in [-0.05, 0) is 43.9 Å². The first-order chi connectivity index (χ1) is 9.24. The van der Waals surface area contributed by atoms with Gasteiger partial charge in [0, 0.05) is 28.5 Å². The average molecular weight is 324 g/mol. The van der Waals surface area contributed by atoms with E-state index in [4.69, 9.17) is 4.74 Å². The fourth-order valence-electron chi connectivity index (χ4n) is 3.45. The molecule has 1 aromatic rings. The SMILES string of the molecule is C[C@@H](NC1CCOc2ccc(Br)cc21)C1CCCC1. The first-order valence-electron chi connectivity index (χ1n) is 7.42. The highest BCUT2D eigenvalue weighted by atomic mass is 79.9. The first-order valence-corrected chi connectivity index (χ1v) is 8.21. The number of rotatable bonds is 3. The van der Waals surface area contributed by atoms with E-state index in [0.717, 1.165) is 29.2 Å². The molecule has 3 heteroatoms. The predicted octanol–water partition coefficient (Wildman–Crippen LogP) is 4.44. The predicted molar refractivity (Wildman–Crippen MR) is 81.6 cm³/mol. The Morgan fingerprint density at radius 2 is 2.05 bits per heavy atom.